The van der Waals surface area contributed by atoms with Gasteiger partial charge in [-0.05, 0) is 39.1 Å². The number of piperazine rings is 1. The zero-order chi connectivity index (χ0) is 33.2. The van der Waals surface area contributed by atoms with Gasteiger partial charge in [0.05, 0.1) is 23.8 Å². The Morgan fingerprint density at radius 2 is 1.71 bits per heavy atom. The molecule has 244 valence electrons. The zero-order valence-electron chi connectivity index (χ0n) is 25.1. The number of hydrogen-bond donors (Lipinski definition) is 8. The molecule has 2 saturated carbocycles. The molecule has 1 unspecified atom stereocenters. The molecule has 0 amide bonds. The van der Waals surface area contributed by atoms with Crippen molar-refractivity contribution in [2.75, 3.05) is 53.4 Å². The normalized spacial score (nSPS) is 32.6. The number of phenolic OH excluding ortho intramolecular Hbond substituents is 1. The molecule has 1 heterocycles. The molecular weight excluding hydrogens is 592 g/mol. The van der Waals surface area contributed by atoms with Gasteiger partial charge in [-0.3, -0.25) is 29.1 Å². The topological polar surface area (TPSA) is 232 Å². The van der Waals surface area contributed by atoms with Crippen LogP contribution in [-0.4, -0.2) is 145 Å². The molecule has 3 fully saturated rings. The number of rotatable bonds is 7. The predicted octanol–water partition coefficient (Wildman–Crippen LogP) is -1.72. The number of nitrogens with zero attached hydrogens (tertiary/aromatic N) is 3. The lowest BCUT2D eigenvalue weighted by molar-refractivity contribution is -0.169. The fourth-order valence-electron chi connectivity index (χ4n) is 7.37. The number of Topliss-reactive ketones (excluding diaryl/α,β-unsaturated/α-hetero) is 3. The number of β-amino-alcohol motifs (C(OH)–C–C–N with tert-alkyl or cyclic N) is 1. The van der Waals surface area contributed by atoms with E-state index in [4.69, 9.17) is 0 Å². The number of likely N-dealkylation sites (N-methyl/N-ethyl adjacent to an activating group) is 1. The summed E-state index contributed by atoms with van der Waals surface area (Å²) < 4.78 is 0. The third kappa shape index (κ3) is 4.90. The standard InChI is InChI=1S/C30H38N4O11/c1-29(44)14-5-4-6-17(36)18(14)22(37)19-15(29)13-16-21(32(2)3)23(38)20(25(40)30(16,45)24(19)39)27(41)31-26(28(42)43)34-9-7-33(8-10-34)11-12-35/h4-6,15-16,21,26,31,35-37,41,44-45H,7-13H2,1-3H3,(H,42,43)/b27-20-/t15-,16-,21-,26?,29+,30-/m0/s1. The zero-order valence-corrected chi connectivity index (χ0v) is 25.1. The van der Waals surface area contributed by atoms with E-state index in [1.54, 1.807) is 0 Å². The Hall–Kier alpha value is -3.86. The number of aromatic hydroxyl groups is 1. The number of ketones is 3. The van der Waals surface area contributed by atoms with E-state index in [0.29, 0.717) is 19.6 Å². The average Bonchev–Trinajstić information content (AvgIpc) is 2.97. The van der Waals surface area contributed by atoms with Gasteiger partial charge in [-0.1, -0.05) is 12.1 Å². The average molecular weight is 631 g/mol. The summed E-state index contributed by atoms with van der Waals surface area (Å²) in [6.07, 6.45) is -1.91. The molecular formula is C30H38N4O11. The van der Waals surface area contributed by atoms with Gasteiger partial charge in [0.15, 0.2) is 17.6 Å². The molecule has 8 N–H and O–H groups in total. The van der Waals surface area contributed by atoms with E-state index >= 15 is 0 Å². The van der Waals surface area contributed by atoms with Crippen LogP contribution >= 0.6 is 0 Å². The SMILES string of the molecule is CN(C)[C@@H]1C(=O)/C(=C(/O)NC(C(=O)O)N2CCN(CCO)CC2)C(=O)[C@@]2(O)C(=O)C3=C(O)c4c(O)cccc4[C@@](C)(O)[C@H]3C[C@@H]12. The Morgan fingerprint density at radius 1 is 1.07 bits per heavy atom. The van der Waals surface area contributed by atoms with Crippen molar-refractivity contribution in [1.82, 2.24) is 20.0 Å². The molecule has 1 aliphatic heterocycles. The number of aliphatic hydroxyl groups is 5. The Morgan fingerprint density at radius 3 is 2.29 bits per heavy atom. The van der Waals surface area contributed by atoms with Crippen LogP contribution in [0.5, 0.6) is 5.75 Å². The molecule has 1 saturated heterocycles. The van der Waals surface area contributed by atoms with Gasteiger partial charge >= 0.3 is 5.97 Å². The van der Waals surface area contributed by atoms with E-state index in [0.717, 1.165) is 0 Å². The van der Waals surface area contributed by atoms with E-state index in [1.165, 1.54) is 49.0 Å². The van der Waals surface area contributed by atoms with Gasteiger partial charge in [-0.15, -0.1) is 0 Å². The van der Waals surface area contributed by atoms with Gasteiger partial charge in [0.25, 0.3) is 0 Å². The number of benzene rings is 1. The van der Waals surface area contributed by atoms with Crippen molar-refractivity contribution in [1.29, 1.82) is 0 Å². The summed E-state index contributed by atoms with van der Waals surface area (Å²) in [6.45, 7) is 2.92. The van der Waals surface area contributed by atoms with Crippen LogP contribution in [0, 0.1) is 11.8 Å². The predicted molar refractivity (Wildman–Crippen MR) is 156 cm³/mol. The molecule has 6 atom stereocenters. The summed E-state index contributed by atoms with van der Waals surface area (Å²) >= 11 is 0. The summed E-state index contributed by atoms with van der Waals surface area (Å²) in [6, 6.07) is 2.76. The van der Waals surface area contributed by atoms with E-state index < -0.39 is 87.1 Å². The van der Waals surface area contributed by atoms with Crippen molar-refractivity contribution in [2.45, 2.75) is 36.8 Å². The number of fused-ring (bicyclic) bond motifs is 3. The van der Waals surface area contributed by atoms with E-state index in [9.17, 15) is 54.9 Å². The van der Waals surface area contributed by atoms with Gasteiger partial charge in [-0.2, -0.15) is 0 Å². The first-order valence-corrected chi connectivity index (χ1v) is 14.6. The Bertz CT molecular complexity index is 1510. The van der Waals surface area contributed by atoms with Crippen LogP contribution in [0.4, 0.5) is 0 Å². The number of phenols is 1. The van der Waals surface area contributed by atoms with Crippen LogP contribution < -0.4 is 5.32 Å². The van der Waals surface area contributed by atoms with Crippen LogP contribution in [0.15, 0.2) is 35.2 Å². The Kier molecular flexibility index (Phi) is 8.31. The van der Waals surface area contributed by atoms with E-state index in [2.05, 4.69) is 5.32 Å². The molecule has 5 rings (SSSR count). The highest BCUT2D eigenvalue weighted by Crippen LogP contribution is 2.56. The number of carbonyl (C=O) groups is 4. The second kappa shape index (κ2) is 11.5. The summed E-state index contributed by atoms with van der Waals surface area (Å²) in [5.41, 5.74) is -6.51. The minimum atomic E-state index is -3.00. The van der Waals surface area contributed by atoms with Gasteiger partial charge in [0.1, 0.15) is 17.1 Å². The number of carbonyl (C=O) groups excluding carboxylic acids is 3. The molecule has 4 aliphatic rings. The fraction of sp³-hybridized carbons (Fsp3) is 0.533. The maximum Gasteiger partial charge on any atom is 0.341 e. The summed E-state index contributed by atoms with van der Waals surface area (Å²) in [7, 11) is 2.93. The molecule has 0 aromatic heterocycles. The maximum absolute atomic E-state index is 14.2. The van der Waals surface area contributed by atoms with Crippen molar-refractivity contribution in [3.63, 3.8) is 0 Å². The lowest BCUT2D eigenvalue weighted by atomic mass is 9.53. The molecule has 0 bridgehead atoms. The molecule has 1 aromatic carbocycles. The molecule has 0 spiro atoms. The summed E-state index contributed by atoms with van der Waals surface area (Å²) in [4.78, 5) is 59.1. The first kappa shape index (κ1) is 32.5. The quantitative estimate of drug-likeness (QED) is 0.0725. The number of aliphatic hydroxyl groups excluding tert-OH is 3. The second-order valence-corrected chi connectivity index (χ2v) is 12.4. The molecule has 15 heteroatoms. The second-order valence-electron chi connectivity index (χ2n) is 12.4. The summed E-state index contributed by atoms with van der Waals surface area (Å²) in [5, 5.41) is 78.0. The van der Waals surface area contributed by atoms with Crippen LogP contribution in [-0.2, 0) is 24.8 Å². The lowest BCUT2D eigenvalue weighted by Crippen LogP contribution is -2.70. The molecule has 45 heavy (non-hydrogen) atoms. The van der Waals surface area contributed by atoms with Crippen molar-refractivity contribution in [3.05, 3.63) is 46.4 Å². The highest BCUT2D eigenvalue weighted by Gasteiger charge is 2.68. The Balaban J connectivity index is 1.58. The number of nitrogens with one attached hydrogen (secondary N) is 1. The number of hydrogen-bond acceptors (Lipinski definition) is 14. The first-order chi connectivity index (χ1) is 21.1. The minimum Gasteiger partial charge on any atom is -0.507 e. The highest BCUT2D eigenvalue weighted by molar-refractivity contribution is 6.35. The highest BCUT2D eigenvalue weighted by atomic mass is 16.4. The number of carboxylic acid groups (broad SMARTS) is 1. The number of aliphatic carboxylic acids is 1. The fourth-order valence-corrected chi connectivity index (χ4v) is 7.37. The smallest absolute Gasteiger partial charge is 0.341 e. The van der Waals surface area contributed by atoms with Gasteiger partial charge in [-0.25, -0.2) is 4.79 Å². The van der Waals surface area contributed by atoms with Crippen LogP contribution in [0.3, 0.4) is 0 Å². The summed E-state index contributed by atoms with van der Waals surface area (Å²) in [5.74, 6) is -10.1. The monoisotopic (exact) mass is 630 g/mol. The molecule has 1 aromatic rings. The maximum atomic E-state index is 14.2. The van der Waals surface area contributed by atoms with Crippen LogP contribution in [0.2, 0.25) is 0 Å². The van der Waals surface area contributed by atoms with Gasteiger partial charge in [0, 0.05) is 50.1 Å². The van der Waals surface area contributed by atoms with Crippen molar-refractivity contribution >= 4 is 29.1 Å². The Labute approximate surface area is 258 Å². The van der Waals surface area contributed by atoms with Crippen molar-refractivity contribution in [3.8, 4) is 5.75 Å². The van der Waals surface area contributed by atoms with E-state index in [1.807, 2.05) is 4.90 Å². The molecule has 0 radical (unpaired) electrons. The molecule has 15 nitrogen and oxygen atoms in total. The van der Waals surface area contributed by atoms with Crippen molar-refractivity contribution < 1.29 is 54.9 Å². The van der Waals surface area contributed by atoms with Crippen molar-refractivity contribution in [2.24, 2.45) is 11.8 Å². The minimum absolute atomic E-state index is 0.0754. The third-order valence-corrected chi connectivity index (χ3v) is 9.68. The number of carboxylic acids is 1. The van der Waals surface area contributed by atoms with E-state index in [-0.39, 0.29) is 37.2 Å². The van der Waals surface area contributed by atoms with Crippen LogP contribution in [0.25, 0.3) is 5.76 Å². The largest absolute Gasteiger partial charge is 0.507 e. The lowest BCUT2D eigenvalue weighted by Gasteiger charge is -2.53. The van der Waals surface area contributed by atoms with Crippen LogP contribution in [0.1, 0.15) is 24.5 Å². The van der Waals surface area contributed by atoms with Gasteiger partial charge < -0.3 is 41.1 Å². The third-order valence-electron chi connectivity index (χ3n) is 9.68. The molecule has 3 aliphatic carbocycles. The van der Waals surface area contributed by atoms with Gasteiger partial charge in [0.2, 0.25) is 17.4 Å². The first-order valence-electron chi connectivity index (χ1n) is 14.6.